The Balaban J connectivity index is 2.64. The van der Waals surface area contributed by atoms with Crippen molar-refractivity contribution >= 4 is 5.91 Å². The number of rotatable bonds is 4. The quantitative estimate of drug-likeness (QED) is 0.886. The minimum absolute atomic E-state index is 0.0166. The summed E-state index contributed by atoms with van der Waals surface area (Å²) in [6, 6.07) is 3.62. The molecule has 0 saturated heterocycles. The summed E-state index contributed by atoms with van der Waals surface area (Å²) in [6.45, 7) is 1.87. The van der Waals surface area contributed by atoms with Crippen molar-refractivity contribution in [2.24, 2.45) is 0 Å². The molecule has 17 heavy (non-hydrogen) atoms. The van der Waals surface area contributed by atoms with Crippen LogP contribution in [-0.4, -0.2) is 10.9 Å². The molecule has 0 aliphatic rings. The number of halogens is 3. The van der Waals surface area contributed by atoms with Crippen LogP contribution in [0, 0.1) is 0 Å². The minimum atomic E-state index is -4.45. The second kappa shape index (κ2) is 5.65. The molecule has 1 aromatic rings. The third kappa shape index (κ3) is 4.42. The van der Waals surface area contributed by atoms with Crippen LogP contribution >= 0.6 is 0 Å². The normalized spacial score (nSPS) is 11.3. The molecule has 1 heterocycles. The lowest BCUT2D eigenvalue weighted by Crippen LogP contribution is -2.23. The summed E-state index contributed by atoms with van der Waals surface area (Å²) in [5, 5.41) is 2.51. The summed E-state index contributed by atoms with van der Waals surface area (Å²) in [6.07, 6.45) is -3.40. The predicted octanol–water partition coefficient (Wildman–Crippen LogP) is 2.52. The van der Waals surface area contributed by atoms with E-state index < -0.39 is 11.9 Å². The third-order valence-electron chi connectivity index (χ3n) is 2.04. The number of nitrogens with one attached hydrogen (secondary N) is 1. The van der Waals surface area contributed by atoms with Gasteiger partial charge in [-0.1, -0.05) is 13.0 Å². The van der Waals surface area contributed by atoms with Crippen molar-refractivity contribution in [2.75, 3.05) is 0 Å². The highest BCUT2D eigenvalue weighted by atomic mass is 19.4. The Bertz CT molecular complexity index is 391. The van der Waals surface area contributed by atoms with Gasteiger partial charge in [-0.2, -0.15) is 13.2 Å². The third-order valence-corrected chi connectivity index (χ3v) is 2.04. The standard InChI is InChI=1S/C11H13F3N2O/c1-2-4-10(17)15-7-8-5-3-6-9(16-8)11(12,13)14/h3,5-6H,2,4,7H2,1H3,(H,15,17). The molecule has 1 N–H and O–H groups in total. The van der Waals surface area contributed by atoms with Gasteiger partial charge < -0.3 is 5.32 Å². The van der Waals surface area contributed by atoms with Gasteiger partial charge in [0.25, 0.3) is 0 Å². The molecule has 0 aliphatic heterocycles. The Morgan fingerprint density at radius 2 is 2.12 bits per heavy atom. The van der Waals surface area contributed by atoms with E-state index in [1.165, 1.54) is 12.1 Å². The lowest BCUT2D eigenvalue weighted by molar-refractivity contribution is -0.141. The summed E-state index contributed by atoms with van der Waals surface area (Å²) in [7, 11) is 0. The number of aromatic nitrogens is 1. The fourth-order valence-electron chi connectivity index (χ4n) is 1.24. The van der Waals surface area contributed by atoms with Gasteiger partial charge in [-0.05, 0) is 18.6 Å². The Labute approximate surface area is 97.0 Å². The first-order valence-corrected chi connectivity index (χ1v) is 5.23. The summed E-state index contributed by atoms with van der Waals surface area (Å²) in [5.74, 6) is -0.188. The molecule has 0 unspecified atom stereocenters. The molecule has 0 spiro atoms. The lowest BCUT2D eigenvalue weighted by Gasteiger charge is -2.08. The maximum atomic E-state index is 12.3. The van der Waals surface area contributed by atoms with Crippen LogP contribution < -0.4 is 5.32 Å². The molecule has 0 radical (unpaired) electrons. The molecule has 0 bridgehead atoms. The Kier molecular flexibility index (Phi) is 4.48. The zero-order valence-electron chi connectivity index (χ0n) is 9.34. The average molecular weight is 246 g/mol. The SMILES string of the molecule is CCCC(=O)NCc1cccc(C(F)(F)F)n1. The van der Waals surface area contributed by atoms with E-state index in [0.29, 0.717) is 12.8 Å². The van der Waals surface area contributed by atoms with Gasteiger partial charge in [0, 0.05) is 6.42 Å². The van der Waals surface area contributed by atoms with E-state index in [1.54, 1.807) is 0 Å². The van der Waals surface area contributed by atoms with Crippen molar-refractivity contribution in [3.05, 3.63) is 29.6 Å². The van der Waals surface area contributed by atoms with Crippen LogP contribution in [0.25, 0.3) is 0 Å². The van der Waals surface area contributed by atoms with Gasteiger partial charge in [-0.3, -0.25) is 4.79 Å². The molecule has 0 aromatic carbocycles. The van der Waals surface area contributed by atoms with Crippen molar-refractivity contribution in [3.63, 3.8) is 0 Å². The first-order valence-electron chi connectivity index (χ1n) is 5.23. The molecule has 0 saturated carbocycles. The highest BCUT2D eigenvalue weighted by Gasteiger charge is 2.32. The first-order chi connectivity index (χ1) is 7.93. The largest absolute Gasteiger partial charge is 0.433 e. The van der Waals surface area contributed by atoms with Crippen LogP contribution in [0.4, 0.5) is 13.2 Å². The molecule has 94 valence electrons. The molecule has 1 rings (SSSR count). The maximum absolute atomic E-state index is 12.3. The molecular formula is C11H13F3N2O. The number of amides is 1. The number of carbonyl (C=O) groups is 1. The number of hydrogen-bond acceptors (Lipinski definition) is 2. The van der Waals surface area contributed by atoms with Crippen LogP contribution in [0.3, 0.4) is 0 Å². The average Bonchev–Trinajstić information content (AvgIpc) is 2.26. The molecule has 6 heteroatoms. The molecule has 1 aromatic heterocycles. The van der Waals surface area contributed by atoms with E-state index in [1.807, 2.05) is 6.92 Å². The second-order valence-electron chi connectivity index (χ2n) is 3.54. The number of carbonyl (C=O) groups excluding carboxylic acids is 1. The smallest absolute Gasteiger partial charge is 0.350 e. The maximum Gasteiger partial charge on any atom is 0.433 e. The monoisotopic (exact) mass is 246 g/mol. The fourth-order valence-corrected chi connectivity index (χ4v) is 1.24. The molecular weight excluding hydrogens is 233 g/mol. The van der Waals surface area contributed by atoms with Gasteiger partial charge in [-0.15, -0.1) is 0 Å². The van der Waals surface area contributed by atoms with Crippen molar-refractivity contribution in [3.8, 4) is 0 Å². The van der Waals surface area contributed by atoms with Crippen LogP contribution in [0.2, 0.25) is 0 Å². The van der Waals surface area contributed by atoms with Crippen molar-refractivity contribution in [1.29, 1.82) is 0 Å². The topological polar surface area (TPSA) is 42.0 Å². The summed E-state index contributed by atoms with van der Waals surface area (Å²) < 4.78 is 37.0. The first kappa shape index (κ1) is 13.5. The van der Waals surface area contributed by atoms with E-state index in [9.17, 15) is 18.0 Å². The van der Waals surface area contributed by atoms with Gasteiger partial charge in [-0.25, -0.2) is 4.98 Å². The molecule has 0 atom stereocenters. The van der Waals surface area contributed by atoms with E-state index in [0.717, 1.165) is 6.07 Å². The van der Waals surface area contributed by atoms with E-state index in [2.05, 4.69) is 10.3 Å². The number of nitrogens with zero attached hydrogens (tertiary/aromatic N) is 1. The summed E-state index contributed by atoms with van der Waals surface area (Å²) in [5.41, 5.74) is -0.746. The molecule has 1 amide bonds. The van der Waals surface area contributed by atoms with Gasteiger partial charge >= 0.3 is 6.18 Å². The molecule has 0 aliphatic carbocycles. The lowest BCUT2D eigenvalue weighted by atomic mass is 10.2. The molecule has 3 nitrogen and oxygen atoms in total. The van der Waals surface area contributed by atoms with Gasteiger partial charge in [0.2, 0.25) is 5.91 Å². The number of alkyl halides is 3. The Morgan fingerprint density at radius 3 is 2.71 bits per heavy atom. The predicted molar refractivity (Wildman–Crippen MR) is 56.0 cm³/mol. The van der Waals surface area contributed by atoms with Crippen molar-refractivity contribution in [2.45, 2.75) is 32.5 Å². The minimum Gasteiger partial charge on any atom is -0.350 e. The molecule has 0 fully saturated rings. The van der Waals surface area contributed by atoms with E-state index >= 15 is 0 Å². The fraction of sp³-hybridized carbons (Fsp3) is 0.455. The zero-order valence-corrected chi connectivity index (χ0v) is 9.34. The van der Waals surface area contributed by atoms with Crippen molar-refractivity contribution < 1.29 is 18.0 Å². The summed E-state index contributed by atoms with van der Waals surface area (Å²) >= 11 is 0. The van der Waals surface area contributed by atoms with Gasteiger partial charge in [0.05, 0.1) is 12.2 Å². The number of hydrogen-bond donors (Lipinski definition) is 1. The van der Waals surface area contributed by atoms with Crippen LogP contribution in [0.1, 0.15) is 31.2 Å². The van der Waals surface area contributed by atoms with Crippen LogP contribution in [0.5, 0.6) is 0 Å². The van der Waals surface area contributed by atoms with E-state index in [4.69, 9.17) is 0 Å². The highest BCUT2D eigenvalue weighted by Crippen LogP contribution is 2.27. The number of pyridine rings is 1. The van der Waals surface area contributed by atoms with Crippen LogP contribution in [0.15, 0.2) is 18.2 Å². The van der Waals surface area contributed by atoms with Gasteiger partial charge in [0.1, 0.15) is 5.69 Å². The van der Waals surface area contributed by atoms with Crippen LogP contribution in [-0.2, 0) is 17.5 Å². The second-order valence-corrected chi connectivity index (χ2v) is 3.54. The van der Waals surface area contributed by atoms with Crippen molar-refractivity contribution in [1.82, 2.24) is 10.3 Å². The Morgan fingerprint density at radius 1 is 1.41 bits per heavy atom. The zero-order chi connectivity index (χ0) is 12.9. The Hall–Kier alpha value is -1.59. The highest BCUT2D eigenvalue weighted by molar-refractivity contribution is 5.75. The summed E-state index contributed by atoms with van der Waals surface area (Å²) in [4.78, 5) is 14.6. The van der Waals surface area contributed by atoms with Gasteiger partial charge in [0.15, 0.2) is 0 Å². The van der Waals surface area contributed by atoms with E-state index in [-0.39, 0.29) is 18.1 Å².